The van der Waals surface area contributed by atoms with E-state index < -0.39 is 11.9 Å². The number of anilines is 2. The summed E-state index contributed by atoms with van der Waals surface area (Å²) in [6, 6.07) is 2.46. The number of aromatic amines is 1. The molecule has 3 rings (SSSR count). The normalized spacial score (nSPS) is 11.9. The van der Waals surface area contributed by atoms with Gasteiger partial charge in [-0.15, -0.1) is 0 Å². The molecule has 0 fully saturated rings. The van der Waals surface area contributed by atoms with E-state index in [0.717, 1.165) is 6.07 Å². The Morgan fingerprint density at radius 2 is 2.11 bits per heavy atom. The molecule has 0 unspecified atom stereocenters. The van der Waals surface area contributed by atoms with Crippen molar-refractivity contribution in [2.45, 2.75) is 6.18 Å². The van der Waals surface area contributed by atoms with Crippen LogP contribution in [0.5, 0.6) is 0 Å². The summed E-state index contributed by atoms with van der Waals surface area (Å²) in [6.07, 6.45) is -0.143. The maximum Gasteiger partial charge on any atom is 0.433 e. The van der Waals surface area contributed by atoms with Crippen molar-refractivity contribution in [3.8, 4) is 0 Å². The topological polar surface area (TPSA) is 70.9 Å². The highest BCUT2D eigenvalue weighted by Gasteiger charge is 2.33. The van der Waals surface area contributed by atoms with Gasteiger partial charge in [0, 0.05) is 24.5 Å². The molecule has 0 bridgehead atoms. The molecule has 0 aliphatic carbocycles. The minimum absolute atomic E-state index is 0.00609. The van der Waals surface area contributed by atoms with Gasteiger partial charge in [0.05, 0.1) is 6.20 Å². The number of H-pyrrole nitrogens is 1. The lowest BCUT2D eigenvalue weighted by molar-refractivity contribution is -0.141. The largest absolute Gasteiger partial charge is 0.433 e. The van der Waals surface area contributed by atoms with Gasteiger partial charge in [0.15, 0.2) is 5.69 Å². The van der Waals surface area contributed by atoms with Gasteiger partial charge in [0.2, 0.25) is 5.95 Å². The van der Waals surface area contributed by atoms with Crippen molar-refractivity contribution in [2.24, 2.45) is 0 Å². The molecule has 0 aromatic carbocycles. The van der Waals surface area contributed by atoms with Gasteiger partial charge in [-0.3, -0.25) is 9.50 Å². The van der Waals surface area contributed by atoms with Crippen molar-refractivity contribution in [3.05, 3.63) is 36.4 Å². The molecule has 0 amide bonds. The molecule has 3 aromatic rings. The second-order valence-electron chi connectivity index (χ2n) is 3.71. The molecule has 9 heteroatoms. The number of nitrogens with zero attached hydrogens (tertiary/aromatic N) is 4. The quantitative estimate of drug-likeness (QED) is 0.747. The Hall–Kier alpha value is -2.58. The minimum atomic E-state index is -4.53. The van der Waals surface area contributed by atoms with E-state index in [1.807, 2.05) is 0 Å². The van der Waals surface area contributed by atoms with E-state index >= 15 is 0 Å². The first kappa shape index (κ1) is 11.5. The fraction of sp³-hybridized carbons (Fsp3) is 0.100. The molecule has 0 radical (unpaired) electrons. The molecule has 3 aromatic heterocycles. The van der Waals surface area contributed by atoms with Gasteiger partial charge in [-0.05, 0) is 0 Å². The maximum atomic E-state index is 12.7. The predicted molar refractivity (Wildman–Crippen MR) is 59.9 cm³/mol. The van der Waals surface area contributed by atoms with E-state index in [-0.39, 0.29) is 11.6 Å². The number of alkyl halides is 3. The lowest BCUT2D eigenvalue weighted by Crippen LogP contribution is -2.12. The number of halogens is 3. The van der Waals surface area contributed by atoms with Gasteiger partial charge in [0.1, 0.15) is 11.5 Å². The fourth-order valence-corrected chi connectivity index (χ4v) is 1.60. The van der Waals surface area contributed by atoms with Crippen LogP contribution in [-0.4, -0.2) is 24.6 Å². The Kier molecular flexibility index (Phi) is 2.40. The van der Waals surface area contributed by atoms with E-state index in [4.69, 9.17) is 0 Å². The van der Waals surface area contributed by atoms with Crippen molar-refractivity contribution in [2.75, 3.05) is 5.32 Å². The summed E-state index contributed by atoms with van der Waals surface area (Å²) in [5.74, 6) is 0.438. The molecule has 98 valence electrons. The molecular weight excluding hydrogens is 261 g/mol. The Balaban J connectivity index is 2.13. The Labute approximate surface area is 104 Å². The van der Waals surface area contributed by atoms with Gasteiger partial charge in [-0.1, -0.05) is 0 Å². The first-order chi connectivity index (χ1) is 9.04. The molecule has 0 saturated heterocycles. The van der Waals surface area contributed by atoms with Gasteiger partial charge < -0.3 is 5.32 Å². The average molecular weight is 268 g/mol. The third-order valence-corrected chi connectivity index (χ3v) is 2.43. The zero-order chi connectivity index (χ0) is 13.5. The SMILES string of the molecule is FC(F)(F)c1cc2nccn2c(Nc2ccn[nH]2)n1. The lowest BCUT2D eigenvalue weighted by atomic mass is 10.4. The van der Waals surface area contributed by atoms with Crippen molar-refractivity contribution in [1.82, 2.24) is 24.6 Å². The zero-order valence-corrected chi connectivity index (χ0v) is 9.31. The van der Waals surface area contributed by atoms with E-state index in [0.29, 0.717) is 5.82 Å². The van der Waals surface area contributed by atoms with Gasteiger partial charge in [-0.2, -0.15) is 18.3 Å². The molecule has 0 aliphatic rings. The summed E-state index contributed by atoms with van der Waals surface area (Å²) in [6.45, 7) is 0. The number of rotatable bonds is 2. The van der Waals surface area contributed by atoms with Crippen LogP contribution in [0.25, 0.3) is 5.65 Å². The van der Waals surface area contributed by atoms with E-state index in [2.05, 4.69) is 25.5 Å². The zero-order valence-electron chi connectivity index (χ0n) is 9.31. The summed E-state index contributed by atoms with van der Waals surface area (Å²) in [7, 11) is 0. The van der Waals surface area contributed by atoms with Gasteiger partial charge in [-0.25, -0.2) is 9.97 Å². The minimum Gasteiger partial charge on any atom is -0.310 e. The van der Waals surface area contributed by atoms with E-state index in [1.54, 1.807) is 6.07 Å². The van der Waals surface area contributed by atoms with Crippen LogP contribution in [0.15, 0.2) is 30.7 Å². The second kappa shape index (κ2) is 3.97. The van der Waals surface area contributed by atoms with Crippen molar-refractivity contribution in [1.29, 1.82) is 0 Å². The first-order valence-electron chi connectivity index (χ1n) is 5.22. The summed E-state index contributed by atoms with van der Waals surface area (Å²) < 4.78 is 39.6. The van der Waals surface area contributed by atoms with E-state index in [1.165, 1.54) is 23.0 Å². The van der Waals surface area contributed by atoms with Crippen LogP contribution in [0.1, 0.15) is 5.69 Å². The average Bonchev–Trinajstić information content (AvgIpc) is 2.97. The van der Waals surface area contributed by atoms with Crippen LogP contribution in [0.4, 0.5) is 24.9 Å². The fourth-order valence-electron chi connectivity index (χ4n) is 1.60. The third-order valence-electron chi connectivity index (χ3n) is 2.43. The predicted octanol–water partition coefficient (Wildman–Crippen LogP) is 2.21. The van der Waals surface area contributed by atoms with Crippen LogP contribution < -0.4 is 5.32 Å². The number of imidazole rings is 1. The number of aromatic nitrogens is 5. The van der Waals surface area contributed by atoms with Gasteiger partial charge in [0.25, 0.3) is 0 Å². The van der Waals surface area contributed by atoms with Crippen LogP contribution >= 0.6 is 0 Å². The molecule has 0 aliphatic heterocycles. The number of fused-ring (bicyclic) bond motifs is 1. The number of nitrogens with one attached hydrogen (secondary N) is 2. The standard InChI is InChI=1S/C10H7F3N6/c11-10(12,13)6-5-8-14-3-4-19(8)9(16-6)17-7-1-2-15-18-7/h1-5H,(H2,15,16,17,18). The number of hydrogen-bond donors (Lipinski definition) is 2. The molecule has 6 nitrogen and oxygen atoms in total. The Morgan fingerprint density at radius 3 is 2.79 bits per heavy atom. The highest BCUT2D eigenvalue weighted by molar-refractivity contribution is 5.54. The Morgan fingerprint density at radius 1 is 1.26 bits per heavy atom. The van der Waals surface area contributed by atoms with Crippen molar-refractivity contribution in [3.63, 3.8) is 0 Å². The molecule has 19 heavy (non-hydrogen) atoms. The van der Waals surface area contributed by atoms with Crippen molar-refractivity contribution < 1.29 is 13.2 Å². The van der Waals surface area contributed by atoms with E-state index in [9.17, 15) is 13.2 Å². The summed E-state index contributed by atoms with van der Waals surface area (Å²) in [5, 5.41) is 9.00. The van der Waals surface area contributed by atoms with Crippen molar-refractivity contribution >= 4 is 17.4 Å². The monoisotopic (exact) mass is 268 g/mol. The molecular formula is C10H7F3N6. The third kappa shape index (κ3) is 2.09. The van der Waals surface area contributed by atoms with Crippen LogP contribution in [0.3, 0.4) is 0 Å². The molecule has 3 heterocycles. The summed E-state index contributed by atoms with van der Waals surface area (Å²) >= 11 is 0. The second-order valence-corrected chi connectivity index (χ2v) is 3.71. The summed E-state index contributed by atoms with van der Waals surface area (Å²) in [5.41, 5.74) is -0.849. The first-order valence-corrected chi connectivity index (χ1v) is 5.22. The lowest BCUT2D eigenvalue weighted by Gasteiger charge is -2.10. The van der Waals surface area contributed by atoms with Crippen LogP contribution in [-0.2, 0) is 6.18 Å². The Bertz CT molecular complexity index is 700. The van der Waals surface area contributed by atoms with Gasteiger partial charge >= 0.3 is 6.18 Å². The van der Waals surface area contributed by atoms with Crippen LogP contribution in [0, 0.1) is 0 Å². The van der Waals surface area contributed by atoms with Crippen LogP contribution in [0.2, 0.25) is 0 Å². The number of hydrogen-bond acceptors (Lipinski definition) is 4. The molecule has 0 saturated carbocycles. The summed E-state index contributed by atoms with van der Waals surface area (Å²) in [4.78, 5) is 7.40. The maximum absolute atomic E-state index is 12.7. The molecule has 0 spiro atoms. The molecule has 2 N–H and O–H groups in total. The highest BCUT2D eigenvalue weighted by Crippen LogP contribution is 2.29. The highest BCUT2D eigenvalue weighted by atomic mass is 19.4. The molecule has 0 atom stereocenters. The smallest absolute Gasteiger partial charge is 0.310 e.